The summed E-state index contributed by atoms with van der Waals surface area (Å²) < 4.78 is 32.2. The highest BCUT2D eigenvalue weighted by Crippen LogP contribution is 2.23. The van der Waals surface area contributed by atoms with Crippen molar-refractivity contribution in [2.24, 2.45) is 0 Å². The number of ether oxygens (including phenoxy) is 1. The normalized spacial score (nSPS) is 10.3. The summed E-state index contributed by atoms with van der Waals surface area (Å²) in [6, 6.07) is 5.44. The Morgan fingerprint density at radius 1 is 1.32 bits per heavy atom. The van der Waals surface area contributed by atoms with Crippen molar-refractivity contribution in [3.8, 4) is 5.75 Å². The van der Waals surface area contributed by atoms with Crippen molar-refractivity contribution in [3.05, 3.63) is 58.9 Å². The number of halogens is 2. The van der Waals surface area contributed by atoms with Crippen LogP contribution in [0.3, 0.4) is 0 Å². The number of aldehydes is 1. The van der Waals surface area contributed by atoms with Gasteiger partial charge >= 0.3 is 0 Å². The summed E-state index contributed by atoms with van der Waals surface area (Å²) in [7, 11) is 0. The maximum atomic E-state index is 13.6. The number of aromatic nitrogens is 1. The van der Waals surface area contributed by atoms with Gasteiger partial charge in [0.1, 0.15) is 12.9 Å². The predicted octanol–water partition coefficient (Wildman–Crippen LogP) is 3.06. The van der Waals surface area contributed by atoms with E-state index in [4.69, 9.17) is 4.74 Å². The van der Waals surface area contributed by atoms with Crippen LogP contribution in [0, 0.1) is 18.6 Å². The molecular formula is C14H11F2NO2. The molecule has 0 aliphatic rings. The lowest BCUT2D eigenvalue weighted by Crippen LogP contribution is -2.04. The summed E-state index contributed by atoms with van der Waals surface area (Å²) in [5.41, 5.74) is 1.39. The molecule has 0 saturated carbocycles. The van der Waals surface area contributed by atoms with Crippen molar-refractivity contribution >= 4 is 6.29 Å². The molecule has 0 atom stereocenters. The van der Waals surface area contributed by atoms with Crippen molar-refractivity contribution in [1.82, 2.24) is 4.98 Å². The minimum atomic E-state index is -0.907. The van der Waals surface area contributed by atoms with Gasteiger partial charge in [-0.05, 0) is 30.7 Å². The smallest absolute Gasteiger partial charge is 0.191 e. The molecule has 2 aromatic rings. The molecule has 98 valence electrons. The van der Waals surface area contributed by atoms with E-state index in [1.165, 1.54) is 0 Å². The third-order valence-corrected chi connectivity index (χ3v) is 2.63. The number of hydrogen-bond acceptors (Lipinski definition) is 3. The summed E-state index contributed by atoms with van der Waals surface area (Å²) in [4.78, 5) is 14.5. The fourth-order valence-corrected chi connectivity index (χ4v) is 1.60. The van der Waals surface area contributed by atoms with Crippen LogP contribution in [0.4, 0.5) is 8.78 Å². The van der Waals surface area contributed by atoms with Gasteiger partial charge in [0.15, 0.2) is 17.4 Å². The molecule has 2 rings (SSSR count). The molecule has 5 heteroatoms. The van der Waals surface area contributed by atoms with Gasteiger partial charge < -0.3 is 4.74 Å². The molecule has 1 heterocycles. The van der Waals surface area contributed by atoms with E-state index in [-0.39, 0.29) is 12.2 Å². The lowest BCUT2D eigenvalue weighted by molar-refractivity contribution is 0.112. The molecule has 0 fully saturated rings. The second kappa shape index (κ2) is 5.56. The van der Waals surface area contributed by atoms with Gasteiger partial charge in [0.25, 0.3) is 0 Å². The Morgan fingerprint density at radius 3 is 2.58 bits per heavy atom. The maximum Gasteiger partial charge on any atom is 0.191 e. The summed E-state index contributed by atoms with van der Waals surface area (Å²) in [6.45, 7) is 1.79. The van der Waals surface area contributed by atoms with E-state index in [9.17, 15) is 13.6 Å². The van der Waals surface area contributed by atoms with Gasteiger partial charge in [-0.2, -0.15) is 0 Å². The summed E-state index contributed by atoms with van der Waals surface area (Å²) >= 11 is 0. The Bertz CT molecular complexity index is 591. The van der Waals surface area contributed by atoms with Crippen LogP contribution in [0.5, 0.6) is 5.75 Å². The van der Waals surface area contributed by atoms with E-state index in [2.05, 4.69) is 4.98 Å². The molecule has 0 aliphatic heterocycles. The first-order chi connectivity index (χ1) is 9.11. The average Bonchev–Trinajstić information content (AvgIpc) is 2.39. The van der Waals surface area contributed by atoms with E-state index in [0.717, 1.165) is 17.7 Å². The van der Waals surface area contributed by atoms with E-state index in [0.29, 0.717) is 12.0 Å². The summed E-state index contributed by atoms with van der Waals surface area (Å²) in [5.74, 6) is -2.32. The van der Waals surface area contributed by atoms with Crippen molar-refractivity contribution in [1.29, 1.82) is 0 Å². The minimum absolute atomic E-state index is 0.0407. The first-order valence-electron chi connectivity index (χ1n) is 5.59. The van der Waals surface area contributed by atoms with E-state index in [1.54, 1.807) is 12.3 Å². The highest BCUT2D eigenvalue weighted by molar-refractivity contribution is 5.75. The van der Waals surface area contributed by atoms with Crippen LogP contribution in [-0.4, -0.2) is 11.3 Å². The zero-order chi connectivity index (χ0) is 13.8. The van der Waals surface area contributed by atoms with E-state index < -0.39 is 17.4 Å². The Labute approximate surface area is 108 Å². The number of aryl methyl sites for hydroxylation is 1. The first-order valence-corrected chi connectivity index (χ1v) is 5.59. The average molecular weight is 263 g/mol. The van der Waals surface area contributed by atoms with Crippen LogP contribution in [-0.2, 0) is 6.61 Å². The van der Waals surface area contributed by atoms with Crippen LogP contribution in [0.15, 0.2) is 30.5 Å². The standard InChI is InChI=1S/C14H11F2NO2/c1-9-3-2-4-17-13(9)8-19-14-11(15)5-10(7-18)6-12(14)16/h2-7H,8H2,1H3. The number of nitrogens with zero attached hydrogens (tertiary/aromatic N) is 1. The van der Waals surface area contributed by atoms with Crippen LogP contribution in [0.2, 0.25) is 0 Å². The third kappa shape index (κ3) is 2.93. The van der Waals surface area contributed by atoms with Gasteiger partial charge in [0, 0.05) is 11.8 Å². The minimum Gasteiger partial charge on any atom is -0.481 e. The fraction of sp³-hybridized carbons (Fsp3) is 0.143. The fourth-order valence-electron chi connectivity index (χ4n) is 1.60. The van der Waals surface area contributed by atoms with Crippen molar-refractivity contribution in [2.75, 3.05) is 0 Å². The van der Waals surface area contributed by atoms with Crippen LogP contribution >= 0.6 is 0 Å². The number of carbonyl (C=O) groups excluding carboxylic acids is 1. The first kappa shape index (κ1) is 13.1. The molecule has 19 heavy (non-hydrogen) atoms. The molecule has 3 nitrogen and oxygen atoms in total. The van der Waals surface area contributed by atoms with Gasteiger partial charge in [-0.1, -0.05) is 6.07 Å². The van der Waals surface area contributed by atoms with Gasteiger partial charge in [-0.15, -0.1) is 0 Å². The van der Waals surface area contributed by atoms with Gasteiger partial charge in [0.2, 0.25) is 0 Å². The number of hydrogen-bond donors (Lipinski definition) is 0. The molecule has 1 aromatic carbocycles. The zero-order valence-electron chi connectivity index (χ0n) is 10.2. The Balaban J connectivity index is 2.21. The number of benzene rings is 1. The van der Waals surface area contributed by atoms with Crippen molar-refractivity contribution in [3.63, 3.8) is 0 Å². The number of carbonyl (C=O) groups is 1. The number of rotatable bonds is 4. The quantitative estimate of drug-likeness (QED) is 0.796. The molecule has 0 bridgehead atoms. The van der Waals surface area contributed by atoms with Crippen molar-refractivity contribution in [2.45, 2.75) is 13.5 Å². The molecule has 0 spiro atoms. The molecule has 1 aromatic heterocycles. The largest absolute Gasteiger partial charge is 0.481 e. The summed E-state index contributed by atoms with van der Waals surface area (Å²) in [6.07, 6.45) is 1.95. The molecule has 0 N–H and O–H groups in total. The monoisotopic (exact) mass is 263 g/mol. The second-order valence-electron chi connectivity index (χ2n) is 3.99. The van der Waals surface area contributed by atoms with Gasteiger partial charge in [-0.25, -0.2) is 8.78 Å². The highest BCUT2D eigenvalue weighted by atomic mass is 19.1. The second-order valence-corrected chi connectivity index (χ2v) is 3.99. The molecule has 0 aliphatic carbocycles. The van der Waals surface area contributed by atoms with Gasteiger partial charge in [-0.3, -0.25) is 9.78 Å². The van der Waals surface area contributed by atoms with Crippen LogP contribution < -0.4 is 4.74 Å². The summed E-state index contributed by atoms with van der Waals surface area (Å²) in [5, 5.41) is 0. The Kier molecular flexibility index (Phi) is 3.85. The van der Waals surface area contributed by atoms with Gasteiger partial charge in [0.05, 0.1) is 5.69 Å². The van der Waals surface area contributed by atoms with Crippen LogP contribution in [0.1, 0.15) is 21.6 Å². The SMILES string of the molecule is Cc1cccnc1COc1c(F)cc(C=O)cc1F. The maximum absolute atomic E-state index is 13.6. The third-order valence-electron chi connectivity index (χ3n) is 2.63. The van der Waals surface area contributed by atoms with Crippen LogP contribution in [0.25, 0.3) is 0 Å². The molecule has 0 unspecified atom stereocenters. The number of pyridine rings is 1. The highest BCUT2D eigenvalue weighted by Gasteiger charge is 2.13. The predicted molar refractivity (Wildman–Crippen MR) is 65.1 cm³/mol. The van der Waals surface area contributed by atoms with E-state index in [1.807, 2.05) is 13.0 Å². The molecule has 0 saturated heterocycles. The lowest BCUT2D eigenvalue weighted by atomic mass is 10.2. The van der Waals surface area contributed by atoms with E-state index >= 15 is 0 Å². The lowest BCUT2D eigenvalue weighted by Gasteiger charge is -2.09. The van der Waals surface area contributed by atoms with Crippen molar-refractivity contribution < 1.29 is 18.3 Å². The zero-order valence-corrected chi connectivity index (χ0v) is 10.2. The molecule has 0 amide bonds. The Hall–Kier alpha value is -2.30. The topological polar surface area (TPSA) is 39.2 Å². The Morgan fingerprint density at radius 2 is 2.00 bits per heavy atom. The molecular weight excluding hydrogens is 252 g/mol. The molecule has 0 radical (unpaired) electrons.